The lowest BCUT2D eigenvalue weighted by Crippen LogP contribution is -2.58. The minimum atomic E-state index is -3.35. The van der Waals surface area contributed by atoms with E-state index in [9.17, 15) is 27.6 Å². The quantitative estimate of drug-likeness (QED) is 0.334. The standard InChI is InChI=1S/C33H54N4O6S/c1-32(2,3)22(18-36-15-10-16-44(36,42)43)25(21-13-7-6-8-14-21)31(41)37-19-23-26(33(23,4)5)27(37)30(40)35-24(28(38)29(34)39)17-20-11-9-12-20/h20-27H,6-19H2,1-5H3,(H2,34,39)(H,35,40)/t22-,23?,24?,25?,26-,27-/m0/s1. The third kappa shape index (κ3) is 6.46. The van der Waals surface area contributed by atoms with Crippen molar-refractivity contribution in [2.45, 2.75) is 111 Å². The zero-order chi connectivity index (χ0) is 32.2. The molecule has 2 aliphatic heterocycles. The van der Waals surface area contributed by atoms with E-state index in [1.165, 1.54) is 0 Å². The van der Waals surface area contributed by atoms with Gasteiger partial charge in [0.1, 0.15) is 6.04 Å². The van der Waals surface area contributed by atoms with E-state index in [2.05, 4.69) is 39.9 Å². The Labute approximate surface area is 263 Å². The molecule has 5 fully saturated rings. The summed E-state index contributed by atoms with van der Waals surface area (Å²) >= 11 is 0. The van der Waals surface area contributed by atoms with Crippen LogP contribution in [0, 0.1) is 46.3 Å². The topological polar surface area (TPSA) is 147 Å². The van der Waals surface area contributed by atoms with E-state index in [1.807, 2.05) is 0 Å². The van der Waals surface area contributed by atoms with Crippen molar-refractivity contribution in [3.63, 3.8) is 0 Å². The van der Waals surface area contributed by atoms with E-state index < -0.39 is 39.7 Å². The molecule has 2 heterocycles. The van der Waals surface area contributed by atoms with Gasteiger partial charge < -0.3 is 16.0 Å². The molecule has 10 nitrogen and oxygen atoms in total. The van der Waals surface area contributed by atoms with Gasteiger partial charge in [0.05, 0.1) is 11.8 Å². The summed E-state index contributed by atoms with van der Waals surface area (Å²) in [6, 6.07) is -1.73. The number of piperidine rings is 1. The Kier molecular flexibility index (Phi) is 9.33. The van der Waals surface area contributed by atoms with E-state index >= 15 is 0 Å². The molecule has 0 aromatic rings. The number of rotatable bonds is 11. The largest absolute Gasteiger partial charge is 0.363 e. The third-order valence-corrected chi connectivity index (χ3v) is 13.9. The van der Waals surface area contributed by atoms with E-state index in [-0.39, 0.29) is 58.0 Å². The highest BCUT2D eigenvalue weighted by molar-refractivity contribution is 7.89. The van der Waals surface area contributed by atoms with Gasteiger partial charge in [0.25, 0.3) is 5.91 Å². The number of nitrogens with zero attached hydrogens (tertiary/aromatic N) is 2. The molecule has 5 aliphatic rings. The van der Waals surface area contributed by atoms with Gasteiger partial charge in [-0.25, -0.2) is 12.7 Å². The van der Waals surface area contributed by atoms with Crippen molar-refractivity contribution in [3.8, 4) is 0 Å². The monoisotopic (exact) mass is 634 g/mol. The van der Waals surface area contributed by atoms with Crippen LogP contribution < -0.4 is 11.1 Å². The van der Waals surface area contributed by atoms with Crippen LogP contribution in [0.2, 0.25) is 0 Å². The van der Waals surface area contributed by atoms with E-state index in [4.69, 9.17) is 5.73 Å². The fourth-order valence-corrected chi connectivity index (χ4v) is 10.5. The highest BCUT2D eigenvalue weighted by atomic mass is 32.2. The zero-order valence-corrected chi connectivity index (χ0v) is 28.2. The fraction of sp³-hybridized carbons (Fsp3) is 0.879. The Hall–Kier alpha value is -2.01. The zero-order valence-electron chi connectivity index (χ0n) is 27.3. The first-order chi connectivity index (χ1) is 20.5. The lowest BCUT2D eigenvalue weighted by molar-refractivity contribution is -0.150. The van der Waals surface area contributed by atoms with Gasteiger partial charge in [-0.15, -0.1) is 0 Å². The van der Waals surface area contributed by atoms with Crippen LogP contribution in [0.4, 0.5) is 0 Å². The maximum absolute atomic E-state index is 15.0. The Morgan fingerprint density at radius 1 is 0.977 bits per heavy atom. The molecule has 0 aromatic carbocycles. The number of fused-ring (bicyclic) bond motifs is 1. The fourth-order valence-electron chi connectivity index (χ4n) is 8.96. The maximum atomic E-state index is 15.0. The molecule has 44 heavy (non-hydrogen) atoms. The van der Waals surface area contributed by atoms with Crippen LogP contribution in [0.25, 0.3) is 0 Å². The van der Waals surface area contributed by atoms with Crippen LogP contribution in [0.3, 0.4) is 0 Å². The van der Waals surface area contributed by atoms with Gasteiger partial charge in [-0.05, 0) is 66.1 Å². The summed E-state index contributed by atoms with van der Waals surface area (Å²) in [6.07, 6.45) is 8.97. The minimum absolute atomic E-state index is 0.0430. The molecule has 3 unspecified atom stereocenters. The van der Waals surface area contributed by atoms with Crippen molar-refractivity contribution in [1.82, 2.24) is 14.5 Å². The normalized spacial score (nSPS) is 30.6. The number of carbonyl (C=O) groups is 4. The first-order valence-electron chi connectivity index (χ1n) is 17.0. The van der Waals surface area contributed by atoms with Crippen molar-refractivity contribution in [2.75, 3.05) is 25.4 Å². The van der Waals surface area contributed by atoms with Gasteiger partial charge in [-0.2, -0.15) is 0 Å². The number of amides is 3. The molecule has 0 bridgehead atoms. The van der Waals surface area contributed by atoms with Crippen LogP contribution in [0.15, 0.2) is 0 Å². The number of sulfonamides is 1. The summed E-state index contributed by atoms with van der Waals surface area (Å²) in [5, 5.41) is 2.90. The molecule has 2 saturated heterocycles. The van der Waals surface area contributed by atoms with Crippen LogP contribution in [-0.2, 0) is 29.2 Å². The lowest BCUT2D eigenvalue weighted by atomic mass is 9.65. The molecule has 3 N–H and O–H groups in total. The Bertz CT molecular complexity index is 1250. The van der Waals surface area contributed by atoms with Crippen LogP contribution in [0.1, 0.15) is 98.8 Å². The van der Waals surface area contributed by atoms with Crippen molar-refractivity contribution in [1.29, 1.82) is 0 Å². The van der Waals surface area contributed by atoms with Gasteiger partial charge in [-0.3, -0.25) is 19.2 Å². The highest BCUT2D eigenvalue weighted by Crippen LogP contribution is 2.65. The van der Waals surface area contributed by atoms with Crippen LogP contribution >= 0.6 is 0 Å². The molecule has 6 atom stereocenters. The van der Waals surface area contributed by atoms with Crippen molar-refractivity contribution < 1.29 is 27.6 Å². The molecular weight excluding hydrogens is 580 g/mol. The Balaban J connectivity index is 1.45. The summed E-state index contributed by atoms with van der Waals surface area (Å²) in [5.74, 6) is -2.28. The molecule has 0 radical (unpaired) electrons. The molecule has 3 amide bonds. The first-order valence-corrected chi connectivity index (χ1v) is 18.6. The van der Waals surface area contributed by atoms with Crippen molar-refractivity contribution in [2.24, 2.45) is 52.1 Å². The van der Waals surface area contributed by atoms with Gasteiger partial charge in [-0.1, -0.05) is 73.1 Å². The molecule has 3 aliphatic carbocycles. The molecule has 11 heteroatoms. The second-order valence-corrected chi connectivity index (χ2v) is 18.2. The summed E-state index contributed by atoms with van der Waals surface area (Å²) in [5.41, 5.74) is 4.92. The molecule has 3 saturated carbocycles. The average molecular weight is 635 g/mol. The van der Waals surface area contributed by atoms with Gasteiger partial charge in [0.2, 0.25) is 27.6 Å². The Morgan fingerprint density at radius 2 is 1.64 bits per heavy atom. The summed E-state index contributed by atoms with van der Waals surface area (Å²) < 4.78 is 27.5. The minimum Gasteiger partial charge on any atom is -0.363 e. The summed E-state index contributed by atoms with van der Waals surface area (Å²) in [7, 11) is -3.35. The van der Waals surface area contributed by atoms with Crippen molar-refractivity contribution >= 4 is 33.5 Å². The number of carbonyl (C=O) groups excluding carboxylic acids is 4. The number of Topliss-reactive ketones (excluding diaryl/α,β-unsaturated/α-hetero) is 1. The van der Waals surface area contributed by atoms with Crippen LogP contribution in [-0.4, -0.2) is 78.6 Å². The number of hydrogen-bond donors (Lipinski definition) is 2. The summed E-state index contributed by atoms with van der Waals surface area (Å²) in [4.78, 5) is 55.6. The second-order valence-electron chi connectivity index (χ2n) is 16.1. The van der Waals surface area contributed by atoms with Crippen LogP contribution in [0.5, 0.6) is 0 Å². The average Bonchev–Trinajstić information content (AvgIpc) is 3.23. The first kappa shape index (κ1) is 33.4. The van der Waals surface area contributed by atoms with E-state index in [0.717, 1.165) is 51.4 Å². The van der Waals surface area contributed by atoms with E-state index in [1.54, 1.807) is 9.21 Å². The van der Waals surface area contributed by atoms with Gasteiger partial charge in [0.15, 0.2) is 0 Å². The predicted molar refractivity (Wildman–Crippen MR) is 167 cm³/mol. The highest BCUT2D eigenvalue weighted by Gasteiger charge is 2.70. The number of primary amides is 1. The van der Waals surface area contributed by atoms with Gasteiger partial charge in [0, 0.05) is 25.6 Å². The van der Waals surface area contributed by atoms with E-state index in [0.29, 0.717) is 32.5 Å². The number of nitrogens with two attached hydrogens (primary N) is 1. The van der Waals surface area contributed by atoms with Gasteiger partial charge >= 0.3 is 0 Å². The maximum Gasteiger partial charge on any atom is 0.287 e. The lowest BCUT2D eigenvalue weighted by Gasteiger charge is -2.45. The predicted octanol–water partition coefficient (Wildman–Crippen LogP) is 3.09. The number of nitrogens with one attached hydrogen (secondary N) is 1. The third-order valence-electron chi connectivity index (χ3n) is 12.0. The molecule has 248 valence electrons. The molecular formula is C33H54N4O6S. The SMILES string of the molecule is CC(C)(C)[C@@H](CN1CCCS1(=O)=O)C(C(=O)N1CC2[C@@H]([C@H]1C(=O)NC(CC1CCC1)C(=O)C(N)=O)C2(C)C)C1CCCCC1. The molecule has 0 aromatic heterocycles. The Morgan fingerprint density at radius 3 is 2.16 bits per heavy atom. The molecule has 5 rings (SSSR count). The molecule has 0 spiro atoms. The smallest absolute Gasteiger partial charge is 0.287 e. The number of ketones is 1. The van der Waals surface area contributed by atoms with Crippen molar-refractivity contribution in [3.05, 3.63) is 0 Å². The second kappa shape index (κ2) is 12.3. The number of hydrogen-bond acceptors (Lipinski definition) is 6. The summed E-state index contributed by atoms with van der Waals surface area (Å²) in [6.45, 7) is 11.8. The number of likely N-dealkylation sites (tertiary alicyclic amines) is 1.